The van der Waals surface area contributed by atoms with Crippen LogP contribution >= 0.6 is 0 Å². The van der Waals surface area contributed by atoms with Crippen molar-refractivity contribution in [3.63, 3.8) is 0 Å². The fourth-order valence-corrected chi connectivity index (χ4v) is 2.83. The summed E-state index contributed by atoms with van der Waals surface area (Å²) in [5.41, 5.74) is 5.79. The first-order valence-electron chi connectivity index (χ1n) is 8.09. The van der Waals surface area contributed by atoms with E-state index < -0.39 is 0 Å². The molecule has 1 aromatic rings. The highest BCUT2D eigenvalue weighted by atomic mass is 16.1. The predicted octanol–water partition coefficient (Wildman–Crippen LogP) is 5.85. The van der Waals surface area contributed by atoms with Gasteiger partial charge in [0.2, 0.25) is 0 Å². The maximum atomic E-state index is 12.5. The van der Waals surface area contributed by atoms with Gasteiger partial charge in [-0.15, -0.1) is 0 Å². The van der Waals surface area contributed by atoms with Crippen LogP contribution in [0.4, 0.5) is 0 Å². The molecular formula is C19H30O. The molecule has 0 amide bonds. The van der Waals surface area contributed by atoms with Gasteiger partial charge >= 0.3 is 0 Å². The molecule has 0 aliphatic carbocycles. The van der Waals surface area contributed by atoms with Crippen LogP contribution in [-0.4, -0.2) is 5.78 Å². The third kappa shape index (κ3) is 4.47. The number of unbranched alkanes of at least 4 members (excludes halogenated alkanes) is 5. The second kappa shape index (κ2) is 8.24. The van der Waals surface area contributed by atoms with Crippen LogP contribution < -0.4 is 0 Å². The van der Waals surface area contributed by atoms with E-state index in [2.05, 4.69) is 40.7 Å². The number of rotatable bonds is 8. The van der Waals surface area contributed by atoms with Crippen LogP contribution in [0, 0.1) is 27.7 Å². The van der Waals surface area contributed by atoms with E-state index >= 15 is 0 Å². The van der Waals surface area contributed by atoms with E-state index in [9.17, 15) is 4.79 Å². The van der Waals surface area contributed by atoms with Crippen LogP contribution in [0.2, 0.25) is 0 Å². The second-order valence-electron chi connectivity index (χ2n) is 6.08. The Kier molecular flexibility index (Phi) is 6.98. The lowest BCUT2D eigenvalue weighted by molar-refractivity contribution is 0.0977. The molecule has 0 fully saturated rings. The topological polar surface area (TPSA) is 17.1 Å². The lowest BCUT2D eigenvalue weighted by atomic mass is 9.90. The van der Waals surface area contributed by atoms with Crippen molar-refractivity contribution in [2.45, 2.75) is 79.6 Å². The molecule has 0 N–H and O–H groups in total. The van der Waals surface area contributed by atoms with Crippen molar-refractivity contribution in [2.75, 3.05) is 0 Å². The maximum Gasteiger partial charge on any atom is 0.163 e. The molecule has 0 aliphatic heterocycles. The minimum atomic E-state index is 0.335. The predicted molar refractivity (Wildman–Crippen MR) is 87.7 cm³/mol. The molecule has 0 saturated carbocycles. The molecule has 1 rings (SSSR count). The van der Waals surface area contributed by atoms with Crippen LogP contribution in [-0.2, 0) is 0 Å². The molecule has 1 nitrogen and oxygen atoms in total. The SMILES string of the molecule is CCCCCCCCC(=O)c1c(C)c(C)cc(C)c1C. The Morgan fingerprint density at radius 1 is 0.850 bits per heavy atom. The molecule has 1 aromatic carbocycles. The van der Waals surface area contributed by atoms with Crippen molar-refractivity contribution in [3.8, 4) is 0 Å². The summed E-state index contributed by atoms with van der Waals surface area (Å²) in [5.74, 6) is 0.335. The Morgan fingerprint density at radius 3 is 1.90 bits per heavy atom. The molecule has 1 heteroatoms. The summed E-state index contributed by atoms with van der Waals surface area (Å²) in [6.45, 7) is 10.6. The lowest BCUT2D eigenvalue weighted by Gasteiger charge is -2.14. The quantitative estimate of drug-likeness (QED) is 0.429. The fraction of sp³-hybridized carbons (Fsp3) is 0.632. The summed E-state index contributed by atoms with van der Waals surface area (Å²) in [4.78, 5) is 12.5. The Balaban J connectivity index is 2.60. The number of carbonyl (C=O) groups excluding carboxylic acids is 1. The smallest absolute Gasteiger partial charge is 0.163 e. The minimum absolute atomic E-state index is 0.335. The van der Waals surface area contributed by atoms with Gasteiger partial charge in [0.25, 0.3) is 0 Å². The molecule has 0 saturated heterocycles. The number of hydrogen-bond acceptors (Lipinski definition) is 1. The zero-order valence-corrected chi connectivity index (χ0v) is 13.9. The number of benzene rings is 1. The van der Waals surface area contributed by atoms with Gasteiger partial charge in [0.05, 0.1) is 0 Å². The first kappa shape index (κ1) is 16.9. The van der Waals surface area contributed by atoms with Gasteiger partial charge in [0.15, 0.2) is 5.78 Å². The van der Waals surface area contributed by atoms with E-state index in [0.29, 0.717) is 12.2 Å². The molecule has 0 aromatic heterocycles. The van der Waals surface area contributed by atoms with Crippen LogP contribution in [0.5, 0.6) is 0 Å². The first-order valence-corrected chi connectivity index (χ1v) is 8.09. The normalized spacial score (nSPS) is 10.8. The lowest BCUT2D eigenvalue weighted by Crippen LogP contribution is -2.07. The number of aryl methyl sites for hydroxylation is 2. The number of hydrogen-bond donors (Lipinski definition) is 0. The van der Waals surface area contributed by atoms with Crippen molar-refractivity contribution in [1.29, 1.82) is 0 Å². The molecule has 20 heavy (non-hydrogen) atoms. The number of carbonyl (C=O) groups is 1. The molecule has 112 valence electrons. The van der Waals surface area contributed by atoms with Crippen molar-refractivity contribution in [3.05, 3.63) is 33.9 Å². The largest absolute Gasteiger partial charge is 0.294 e. The summed E-state index contributed by atoms with van der Waals surface area (Å²) in [5, 5.41) is 0. The zero-order valence-electron chi connectivity index (χ0n) is 13.9. The Morgan fingerprint density at radius 2 is 1.35 bits per heavy atom. The number of ketones is 1. The van der Waals surface area contributed by atoms with Gasteiger partial charge in [-0.2, -0.15) is 0 Å². The Labute approximate surface area is 124 Å². The highest BCUT2D eigenvalue weighted by molar-refractivity contribution is 5.99. The van der Waals surface area contributed by atoms with E-state index in [1.165, 1.54) is 54.4 Å². The average molecular weight is 274 g/mol. The highest BCUT2D eigenvalue weighted by Gasteiger charge is 2.15. The summed E-state index contributed by atoms with van der Waals surface area (Å²) in [6.07, 6.45) is 8.11. The van der Waals surface area contributed by atoms with Gasteiger partial charge in [-0.1, -0.05) is 45.1 Å². The van der Waals surface area contributed by atoms with E-state index in [1.54, 1.807) is 0 Å². The van der Waals surface area contributed by atoms with Gasteiger partial charge < -0.3 is 0 Å². The highest BCUT2D eigenvalue weighted by Crippen LogP contribution is 2.23. The molecule has 0 atom stereocenters. The molecule has 0 bridgehead atoms. The molecule has 0 aliphatic rings. The maximum absolute atomic E-state index is 12.5. The van der Waals surface area contributed by atoms with Crippen molar-refractivity contribution in [1.82, 2.24) is 0 Å². The van der Waals surface area contributed by atoms with E-state index in [1.807, 2.05) is 0 Å². The molecule has 0 unspecified atom stereocenters. The third-order valence-electron chi connectivity index (χ3n) is 4.40. The van der Waals surface area contributed by atoms with Gasteiger partial charge in [0.1, 0.15) is 0 Å². The van der Waals surface area contributed by atoms with E-state index in [0.717, 1.165) is 12.0 Å². The van der Waals surface area contributed by atoms with Gasteiger partial charge in [-0.05, 0) is 56.4 Å². The Hall–Kier alpha value is -1.11. The molecular weight excluding hydrogens is 244 g/mol. The summed E-state index contributed by atoms with van der Waals surface area (Å²) in [6, 6.07) is 2.19. The zero-order chi connectivity index (χ0) is 15.1. The van der Waals surface area contributed by atoms with E-state index in [-0.39, 0.29) is 0 Å². The van der Waals surface area contributed by atoms with Gasteiger partial charge in [-0.3, -0.25) is 4.79 Å². The average Bonchev–Trinajstić information content (AvgIpc) is 2.41. The van der Waals surface area contributed by atoms with Crippen molar-refractivity contribution in [2.24, 2.45) is 0 Å². The van der Waals surface area contributed by atoms with Crippen LogP contribution in [0.1, 0.15) is 84.5 Å². The van der Waals surface area contributed by atoms with Crippen molar-refractivity contribution >= 4 is 5.78 Å². The summed E-state index contributed by atoms with van der Waals surface area (Å²) < 4.78 is 0. The third-order valence-corrected chi connectivity index (χ3v) is 4.40. The monoisotopic (exact) mass is 274 g/mol. The van der Waals surface area contributed by atoms with Gasteiger partial charge in [0, 0.05) is 12.0 Å². The van der Waals surface area contributed by atoms with Crippen LogP contribution in [0.15, 0.2) is 6.07 Å². The van der Waals surface area contributed by atoms with Crippen LogP contribution in [0.25, 0.3) is 0 Å². The van der Waals surface area contributed by atoms with E-state index in [4.69, 9.17) is 0 Å². The fourth-order valence-electron chi connectivity index (χ4n) is 2.83. The standard InChI is InChI=1S/C19H30O/c1-6-7-8-9-10-11-12-18(20)19-16(4)14(2)13-15(3)17(19)5/h13H,6-12H2,1-5H3. The first-order chi connectivity index (χ1) is 9.49. The summed E-state index contributed by atoms with van der Waals surface area (Å²) >= 11 is 0. The molecule has 0 spiro atoms. The molecule has 0 heterocycles. The summed E-state index contributed by atoms with van der Waals surface area (Å²) in [7, 11) is 0. The van der Waals surface area contributed by atoms with Gasteiger partial charge in [-0.25, -0.2) is 0 Å². The Bertz CT molecular complexity index is 431. The van der Waals surface area contributed by atoms with Crippen molar-refractivity contribution < 1.29 is 4.79 Å². The van der Waals surface area contributed by atoms with Crippen LogP contribution in [0.3, 0.4) is 0 Å². The number of Topliss-reactive ketones (excluding diaryl/α,β-unsaturated/α-hetero) is 1. The second-order valence-corrected chi connectivity index (χ2v) is 6.08. The minimum Gasteiger partial charge on any atom is -0.294 e. The molecule has 0 radical (unpaired) electrons.